The summed E-state index contributed by atoms with van der Waals surface area (Å²) in [6, 6.07) is 13.3. The Balaban J connectivity index is 1.61. The highest BCUT2D eigenvalue weighted by Crippen LogP contribution is 2.23. The van der Waals surface area contributed by atoms with Crippen molar-refractivity contribution in [3.63, 3.8) is 0 Å². The normalized spacial score (nSPS) is 16.2. The van der Waals surface area contributed by atoms with E-state index in [2.05, 4.69) is 22.1 Å². The van der Waals surface area contributed by atoms with Crippen LogP contribution in [-0.4, -0.2) is 41.3 Å². The van der Waals surface area contributed by atoms with Gasteiger partial charge in [-0.05, 0) is 86.7 Å². The summed E-state index contributed by atoms with van der Waals surface area (Å²) in [7, 11) is 0. The minimum absolute atomic E-state index is 0.114. The Hall–Kier alpha value is -2.57. The van der Waals surface area contributed by atoms with Crippen molar-refractivity contribution in [2.75, 3.05) is 19.7 Å². The van der Waals surface area contributed by atoms with E-state index in [1.807, 2.05) is 51.1 Å². The molecule has 186 valence electrons. The van der Waals surface area contributed by atoms with E-state index in [1.54, 1.807) is 13.0 Å². The first kappa shape index (κ1) is 26.0. The lowest BCUT2D eigenvalue weighted by atomic mass is 9.94. The number of aryl methyl sites for hydroxylation is 1. The quantitative estimate of drug-likeness (QED) is 0.444. The van der Waals surface area contributed by atoms with E-state index in [-0.39, 0.29) is 18.3 Å². The third kappa shape index (κ3) is 7.21. The Morgan fingerprint density at radius 3 is 2.53 bits per heavy atom. The van der Waals surface area contributed by atoms with Crippen molar-refractivity contribution in [2.24, 2.45) is 5.92 Å². The number of benzene rings is 2. The lowest BCUT2D eigenvalue weighted by Gasteiger charge is -2.38. The van der Waals surface area contributed by atoms with Gasteiger partial charge in [0.1, 0.15) is 18.2 Å². The largest absolute Gasteiger partial charge is 0.491 e. The lowest BCUT2D eigenvalue weighted by Crippen LogP contribution is -2.44. The lowest BCUT2D eigenvalue weighted by molar-refractivity contribution is -0.0266. The van der Waals surface area contributed by atoms with Crippen LogP contribution < -0.4 is 15.4 Å². The predicted molar refractivity (Wildman–Crippen MR) is 136 cm³/mol. The smallest absolute Gasteiger partial charge is 0.123 e. The van der Waals surface area contributed by atoms with Gasteiger partial charge in [0, 0.05) is 19.1 Å². The molecule has 1 aliphatic heterocycles. The van der Waals surface area contributed by atoms with Crippen molar-refractivity contribution in [1.82, 2.24) is 15.5 Å². The second-order valence-corrected chi connectivity index (χ2v) is 9.92. The van der Waals surface area contributed by atoms with Gasteiger partial charge in [0.2, 0.25) is 0 Å². The van der Waals surface area contributed by atoms with Crippen LogP contribution in [0.5, 0.6) is 5.75 Å². The van der Waals surface area contributed by atoms with Crippen molar-refractivity contribution in [2.45, 2.75) is 65.3 Å². The summed E-state index contributed by atoms with van der Waals surface area (Å²) < 4.78 is 19.4. The Bertz CT molecular complexity index is 937. The van der Waals surface area contributed by atoms with E-state index in [1.165, 1.54) is 6.07 Å². The molecule has 1 saturated heterocycles. The van der Waals surface area contributed by atoms with E-state index in [4.69, 9.17) is 4.74 Å². The minimum atomic E-state index is -0.862. The number of rotatable bonds is 11. The van der Waals surface area contributed by atoms with Crippen LogP contribution in [0.25, 0.3) is 0 Å². The minimum Gasteiger partial charge on any atom is -0.491 e. The summed E-state index contributed by atoms with van der Waals surface area (Å²) in [6.07, 6.45) is 2.10. The van der Waals surface area contributed by atoms with Gasteiger partial charge in [0.05, 0.1) is 11.4 Å². The molecule has 0 spiro atoms. The number of hydrogen-bond donors (Lipinski definition) is 3. The number of aliphatic hydroxyl groups is 1. The number of nitrogens with zero attached hydrogens (tertiary/aromatic N) is 1. The standard InChI is InChI=1S/C28H40FN3O2/c1-20(2)28(5,33)19-34-27-10-6-23(7-11-27)17-31-22(4)32(26-12-14-30-15-13-26)18-24-8-9-25(29)16-21(24)3/h6-11,16,20,26,30-31,33H,4,12-15,17-19H2,1-3,5H3. The zero-order valence-corrected chi connectivity index (χ0v) is 21.0. The molecule has 1 fully saturated rings. The van der Waals surface area contributed by atoms with Gasteiger partial charge in [-0.2, -0.15) is 0 Å². The molecular formula is C28H40FN3O2. The van der Waals surface area contributed by atoms with E-state index in [9.17, 15) is 9.50 Å². The van der Waals surface area contributed by atoms with Gasteiger partial charge in [-0.1, -0.05) is 38.6 Å². The van der Waals surface area contributed by atoms with Gasteiger partial charge in [-0.15, -0.1) is 0 Å². The first-order valence-corrected chi connectivity index (χ1v) is 12.2. The molecule has 1 aliphatic rings. The van der Waals surface area contributed by atoms with Crippen LogP contribution in [0.2, 0.25) is 0 Å². The highest BCUT2D eigenvalue weighted by atomic mass is 19.1. The number of hydrogen-bond acceptors (Lipinski definition) is 5. The zero-order chi connectivity index (χ0) is 24.7. The topological polar surface area (TPSA) is 56.8 Å². The third-order valence-electron chi connectivity index (χ3n) is 6.94. The van der Waals surface area contributed by atoms with Gasteiger partial charge >= 0.3 is 0 Å². The Kier molecular flexibility index (Phi) is 8.97. The highest BCUT2D eigenvalue weighted by Gasteiger charge is 2.26. The molecule has 6 heteroatoms. The Morgan fingerprint density at radius 2 is 1.91 bits per heavy atom. The van der Waals surface area contributed by atoms with Crippen LogP contribution in [0.3, 0.4) is 0 Å². The molecule has 1 unspecified atom stereocenters. The first-order valence-electron chi connectivity index (χ1n) is 12.2. The van der Waals surface area contributed by atoms with E-state index in [0.717, 1.165) is 54.2 Å². The molecule has 0 amide bonds. The average molecular weight is 470 g/mol. The average Bonchev–Trinajstić information content (AvgIpc) is 2.82. The summed E-state index contributed by atoms with van der Waals surface area (Å²) in [5.41, 5.74) is 2.33. The SMILES string of the molecule is C=C(NCc1ccc(OCC(C)(O)C(C)C)cc1)N(Cc1ccc(F)cc1C)C1CCNCC1. The van der Waals surface area contributed by atoms with Crippen molar-refractivity contribution in [3.8, 4) is 5.75 Å². The van der Waals surface area contributed by atoms with Gasteiger partial charge in [-0.3, -0.25) is 0 Å². The monoisotopic (exact) mass is 469 g/mol. The highest BCUT2D eigenvalue weighted by molar-refractivity contribution is 5.29. The molecule has 0 bridgehead atoms. The van der Waals surface area contributed by atoms with Gasteiger partial charge in [0.15, 0.2) is 0 Å². The molecule has 34 heavy (non-hydrogen) atoms. The number of halogens is 1. The van der Waals surface area contributed by atoms with Crippen molar-refractivity contribution in [1.29, 1.82) is 0 Å². The fourth-order valence-electron chi connectivity index (χ4n) is 3.99. The fourth-order valence-corrected chi connectivity index (χ4v) is 3.99. The van der Waals surface area contributed by atoms with Crippen LogP contribution in [0.4, 0.5) is 4.39 Å². The molecule has 3 N–H and O–H groups in total. The first-order chi connectivity index (χ1) is 16.2. The molecule has 0 aliphatic carbocycles. The molecule has 2 aromatic rings. The van der Waals surface area contributed by atoms with Crippen molar-refractivity contribution in [3.05, 3.63) is 77.4 Å². The number of ether oxygens (including phenoxy) is 1. The predicted octanol–water partition coefficient (Wildman–Crippen LogP) is 4.73. The molecule has 2 aromatic carbocycles. The summed E-state index contributed by atoms with van der Waals surface area (Å²) in [4.78, 5) is 2.33. The molecule has 0 radical (unpaired) electrons. The number of piperidine rings is 1. The molecule has 3 rings (SSSR count). The van der Waals surface area contributed by atoms with Gasteiger partial charge in [-0.25, -0.2) is 4.39 Å². The summed E-state index contributed by atoms with van der Waals surface area (Å²) in [5, 5.41) is 17.3. The van der Waals surface area contributed by atoms with Gasteiger partial charge < -0.3 is 25.4 Å². The van der Waals surface area contributed by atoms with Crippen LogP contribution in [0.15, 0.2) is 54.9 Å². The van der Waals surface area contributed by atoms with E-state index in [0.29, 0.717) is 19.1 Å². The fraction of sp³-hybridized carbons (Fsp3) is 0.500. The maximum absolute atomic E-state index is 13.6. The van der Waals surface area contributed by atoms with Crippen LogP contribution in [-0.2, 0) is 13.1 Å². The Morgan fingerprint density at radius 1 is 1.24 bits per heavy atom. The summed E-state index contributed by atoms with van der Waals surface area (Å²) >= 11 is 0. The van der Waals surface area contributed by atoms with Crippen molar-refractivity contribution >= 4 is 0 Å². The van der Waals surface area contributed by atoms with Crippen LogP contribution >= 0.6 is 0 Å². The van der Waals surface area contributed by atoms with Crippen LogP contribution in [0.1, 0.15) is 50.3 Å². The molecular weight excluding hydrogens is 429 g/mol. The van der Waals surface area contributed by atoms with Crippen LogP contribution in [0, 0.1) is 18.7 Å². The number of nitrogens with one attached hydrogen (secondary N) is 2. The second-order valence-electron chi connectivity index (χ2n) is 9.92. The zero-order valence-electron chi connectivity index (χ0n) is 21.0. The van der Waals surface area contributed by atoms with Gasteiger partial charge in [0.25, 0.3) is 0 Å². The maximum Gasteiger partial charge on any atom is 0.123 e. The summed E-state index contributed by atoms with van der Waals surface area (Å²) in [5.74, 6) is 1.53. The third-order valence-corrected chi connectivity index (χ3v) is 6.94. The van der Waals surface area contributed by atoms with E-state index >= 15 is 0 Å². The molecule has 1 heterocycles. The molecule has 0 saturated carbocycles. The Labute approximate surface area is 204 Å². The molecule has 1 atom stereocenters. The van der Waals surface area contributed by atoms with E-state index < -0.39 is 5.60 Å². The molecule has 0 aromatic heterocycles. The second kappa shape index (κ2) is 11.7. The molecule has 5 nitrogen and oxygen atoms in total. The summed E-state index contributed by atoms with van der Waals surface area (Å²) in [6.45, 7) is 15.6. The van der Waals surface area contributed by atoms with Crippen molar-refractivity contribution < 1.29 is 14.2 Å². The maximum atomic E-state index is 13.6.